The molecule has 0 saturated heterocycles. The first-order valence-corrected chi connectivity index (χ1v) is 7.06. The summed E-state index contributed by atoms with van der Waals surface area (Å²) in [6.07, 6.45) is 0.792. The molecule has 0 aromatic heterocycles. The van der Waals surface area contributed by atoms with Crippen molar-refractivity contribution >= 4 is 29.1 Å². The minimum atomic E-state index is -0.647. The summed E-state index contributed by atoms with van der Waals surface area (Å²) in [7, 11) is 3.94. The van der Waals surface area contributed by atoms with E-state index in [9.17, 15) is 10.1 Å². The fraction of sp³-hybridized carbons (Fsp3) is 0.429. The second-order valence-corrected chi connectivity index (χ2v) is 5.82. The number of hydrogen-bond acceptors (Lipinski definition) is 3. The van der Waals surface area contributed by atoms with Crippen LogP contribution in [0.15, 0.2) is 12.1 Å². The number of fused-ring (bicyclic) bond motifs is 1. The number of carbonyl (C=O) groups is 1. The van der Waals surface area contributed by atoms with Crippen molar-refractivity contribution in [1.29, 1.82) is 5.26 Å². The molecule has 0 spiro atoms. The van der Waals surface area contributed by atoms with Gasteiger partial charge in [-0.25, -0.2) is 0 Å². The van der Waals surface area contributed by atoms with Crippen LogP contribution in [-0.4, -0.2) is 42.9 Å². The Bertz CT molecular complexity index is 581. The van der Waals surface area contributed by atoms with Crippen LogP contribution in [0.25, 0.3) is 0 Å². The van der Waals surface area contributed by atoms with Crippen molar-refractivity contribution in [2.75, 3.05) is 27.2 Å². The zero-order valence-electron chi connectivity index (χ0n) is 11.4. The predicted molar refractivity (Wildman–Crippen MR) is 79.0 cm³/mol. The minimum absolute atomic E-state index is 0.210. The highest BCUT2D eigenvalue weighted by Gasteiger charge is 2.39. The molecule has 0 radical (unpaired) electrons. The third kappa shape index (κ3) is 2.62. The molecule has 1 heterocycles. The summed E-state index contributed by atoms with van der Waals surface area (Å²) in [5, 5.41) is 10.1. The average Bonchev–Trinajstić information content (AvgIpc) is 2.68. The van der Waals surface area contributed by atoms with Gasteiger partial charge in [-0.3, -0.25) is 4.79 Å². The molecular weight excluding hydrogens is 297 g/mol. The summed E-state index contributed by atoms with van der Waals surface area (Å²) < 4.78 is 0. The van der Waals surface area contributed by atoms with E-state index in [0.717, 1.165) is 13.0 Å². The molecule has 2 rings (SSSR count). The molecule has 1 unspecified atom stereocenters. The van der Waals surface area contributed by atoms with Crippen LogP contribution in [0.1, 0.15) is 28.4 Å². The molecule has 1 aromatic carbocycles. The lowest BCUT2D eigenvalue weighted by molar-refractivity contribution is 0.0752. The fourth-order valence-electron chi connectivity index (χ4n) is 2.39. The Morgan fingerprint density at radius 1 is 1.35 bits per heavy atom. The van der Waals surface area contributed by atoms with Gasteiger partial charge in [0.25, 0.3) is 5.91 Å². The van der Waals surface area contributed by atoms with E-state index in [1.165, 1.54) is 0 Å². The summed E-state index contributed by atoms with van der Waals surface area (Å²) >= 11 is 12.2. The molecule has 0 fully saturated rings. The SMILES string of the molecule is CN(C)CCCN1C(=O)c2c(Cl)ccc(Cl)c2C1C#N. The largest absolute Gasteiger partial charge is 0.318 e. The van der Waals surface area contributed by atoms with Gasteiger partial charge < -0.3 is 9.80 Å². The Balaban J connectivity index is 2.30. The van der Waals surface area contributed by atoms with Gasteiger partial charge in [-0.15, -0.1) is 0 Å². The van der Waals surface area contributed by atoms with Gasteiger partial charge in [0.1, 0.15) is 6.04 Å². The normalized spacial score (nSPS) is 17.5. The van der Waals surface area contributed by atoms with Crippen molar-refractivity contribution in [2.24, 2.45) is 0 Å². The standard InChI is InChI=1S/C14H15Cl2N3O/c1-18(2)6-3-7-19-11(8-17)12-9(15)4-5-10(16)13(12)14(19)20/h4-5,11H,3,6-7H2,1-2H3. The number of nitriles is 1. The predicted octanol–water partition coefficient (Wildman–Crippen LogP) is 2.97. The first-order chi connectivity index (χ1) is 9.47. The van der Waals surface area contributed by atoms with Gasteiger partial charge in [0.05, 0.1) is 16.7 Å². The number of carbonyl (C=O) groups excluding carboxylic acids is 1. The quantitative estimate of drug-likeness (QED) is 0.859. The molecule has 1 aliphatic heterocycles. The van der Waals surface area contributed by atoms with Gasteiger partial charge >= 0.3 is 0 Å². The maximum absolute atomic E-state index is 12.4. The van der Waals surface area contributed by atoms with Crippen LogP contribution in [-0.2, 0) is 0 Å². The first-order valence-electron chi connectivity index (χ1n) is 6.30. The number of rotatable bonds is 4. The van der Waals surface area contributed by atoms with Crippen molar-refractivity contribution in [3.8, 4) is 6.07 Å². The van der Waals surface area contributed by atoms with E-state index < -0.39 is 6.04 Å². The van der Waals surface area contributed by atoms with Gasteiger partial charge in [0, 0.05) is 17.1 Å². The molecule has 0 aliphatic carbocycles. The first kappa shape index (κ1) is 15.1. The Morgan fingerprint density at radius 3 is 2.60 bits per heavy atom. The molecule has 0 saturated carbocycles. The lowest BCUT2D eigenvalue weighted by atomic mass is 10.1. The van der Waals surface area contributed by atoms with E-state index in [1.54, 1.807) is 17.0 Å². The highest BCUT2D eigenvalue weighted by Crippen LogP contribution is 2.41. The van der Waals surface area contributed by atoms with E-state index in [1.807, 2.05) is 19.0 Å². The van der Waals surface area contributed by atoms with Crippen LogP contribution in [0.5, 0.6) is 0 Å². The fourth-order valence-corrected chi connectivity index (χ4v) is 2.90. The summed E-state index contributed by atoms with van der Waals surface area (Å²) in [6, 6.07) is 4.73. The highest BCUT2D eigenvalue weighted by molar-refractivity contribution is 6.37. The monoisotopic (exact) mass is 311 g/mol. The van der Waals surface area contributed by atoms with Crippen molar-refractivity contribution < 1.29 is 4.79 Å². The highest BCUT2D eigenvalue weighted by atomic mass is 35.5. The van der Waals surface area contributed by atoms with Gasteiger partial charge in [-0.1, -0.05) is 23.2 Å². The Hall–Kier alpha value is -1.28. The van der Waals surface area contributed by atoms with Crippen LogP contribution in [0, 0.1) is 11.3 Å². The summed E-state index contributed by atoms with van der Waals surface area (Å²) in [6.45, 7) is 1.36. The number of nitrogens with zero attached hydrogens (tertiary/aromatic N) is 3. The average molecular weight is 312 g/mol. The summed E-state index contributed by atoms with van der Waals surface area (Å²) in [4.78, 5) is 16.0. The zero-order valence-corrected chi connectivity index (χ0v) is 12.9. The number of hydrogen-bond donors (Lipinski definition) is 0. The van der Waals surface area contributed by atoms with Crippen LogP contribution < -0.4 is 0 Å². The topological polar surface area (TPSA) is 47.3 Å². The molecule has 106 valence electrons. The number of amides is 1. The van der Waals surface area contributed by atoms with Gasteiger partial charge in [0.2, 0.25) is 0 Å². The molecule has 1 atom stereocenters. The van der Waals surface area contributed by atoms with Crippen molar-refractivity contribution in [2.45, 2.75) is 12.5 Å². The smallest absolute Gasteiger partial charge is 0.257 e. The molecule has 0 N–H and O–H groups in total. The van der Waals surface area contributed by atoms with Crippen LogP contribution in [0.4, 0.5) is 0 Å². The van der Waals surface area contributed by atoms with E-state index in [4.69, 9.17) is 23.2 Å². The van der Waals surface area contributed by atoms with Gasteiger partial charge in [-0.05, 0) is 39.2 Å². The Labute approximate surface area is 128 Å². The van der Waals surface area contributed by atoms with Crippen LogP contribution in [0.3, 0.4) is 0 Å². The molecular formula is C14H15Cl2N3O. The van der Waals surface area contributed by atoms with E-state index in [0.29, 0.717) is 27.7 Å². The second-order valence-electron chi connectivity index (χ2n) is 5.00. The summed E-state index contributed by atoms with van der Waals surface area (Å²) in [5.41, 5.74) is 0.909. The van der Waals surface area contributed by atoms with Crippen molar-refractivity contribution in [3.63, 3.8) is 0 Å². The lowest BCUT2D eigenvalue weighted by Gasteiger charge is -2.21. The third-order valence-corrected chi connectivity index (χ3v) is 3.97. The third-order valence-electron chi connectivity index (χ3n) is 3.33. The van der Waals surface area contributed by atoms with Gasteiger partial charge in [-0.2, -0.15) is 5.26 Å². The van der Waals surface area contributed by atoms with Crippen molar-refractivity contribution in [3.05, 3.63) is 33.3 Å². The molecule has 6 heteroatoms. The van der Waals surface area contributed by atoms with Crippen LogP contribution in [0.2, 0.25) is 10.0 Å². The molecule has 1 aliphatic rings. The second kappa shape index (κ2) is 6.01. The van der Waals surface area contributed by atoms with E-state index >= 15 is 0 Å². The maximum Gasteiger partial charge on any atom is 0.257 e. The molecule has 1 aromatic rings. The Morgan fingerprint density at radius 2 is 2.00 bits per heavy atom. The summed E-state index contributed by atoms with van der Waals surface area (Å²) in [5.74, 6) is -0.210. The molecule has 4 nitrogen and oxygen atoms in total. The van der Waals surface area contributed by atoms with E-state index in [-0.39, 0.29) is 5.91 Å². The molecule has 20 heavy (non-hydrogen) atoms. The molecule has 1 amide bonds. The number of halogens is 2. The minimum Gasteiger partial charge on any atom is -0.318 e. The van der Waals surface area contributed by atoms with Crippen molar-refractivity contribution in [1.82, 2.24) is 9.80 Å². The maximum atomic E-state index is 12.4. The number of benzene rings is 1. The Kier molecular flexibility index (Phi) is 4.54. The molecule has 0 bridgehead atoms. The zero-order chi connectivity index (χ0) is 14.9. The lowest BCUT2D eigenvalue weighted by Crippen LogP contribution is -2.30. The van der Waals surface area contributed by atoms with Crippen LogP contribution >= 0.6 is 23.2 Å². The van der Waals surface area contributed by atoms with E-state index in [2.05, 4.69) is 6.07 Å². The van der Waals surface area contributed by atoms with Gasteiger partial charge in [0.15, 0.2) is 0 Å².